The van der Waals surface area contributed by atoms with E-state index in [1.807, 2.05) is 31.2 Å². The van der Waals surface area contributed by atoms with Crippen LogP contribution in [0.5, 0.6) is 0 Å². The molecule has 6 heteroatoms. The normalized spacial score (nSPS) is 11.7. The lowest BCUT2D eigenvalue weighted by Gasteiger charge is -2.08. The summed E-state index contributed by atoms with van der Waals surface area (Å²) in [6, 6.07) is 6.91. The minimum atomic E-state index is -1.000. The van der Waals surface area contributed by atoms with Gasteiger partial charge in [0.1, 0.15) is 12.6 Å². The first kappa shape index (κ1) is 17.0. The lowest BCUT2D eigenvalue weighted by Crippen LogP contribution is -2.30. The highest BCUT2D eigenvalue weighted by Crippen LogP contribution is 2.05. The number of carbonyl (C=O) groups excluding carboxylic acids is 1. The van der Waals surface area contributed by atoms with Crippen LogP contribution in [0.15, 0.2) is 24.3 Å². The molecular weight excluding hydrogens is 272 g/mol. The lowest BCUT2D eigenvalue weighted by atomic mass is 10.1. The predicted molar refractivity (Wildman–Crippen MR) is 78.8 cm³/mol. The van der Waals surface area contributed by atoms with Crippen LogP contribution in [0.4, 0.5) is 4.79 Å². The quantitative estimate of drug-likeness (QED) is 0.635. The Morgan fingerprint density at radius 3 is 2.81 bits per heavy atom. The zero-order valence-electron chi connectivity index (χ0n) is 12.2. The fourth-order valence-corrected chi connectivity index (χ4v) is 1.81. The Labute approximate surface area is 124 Å². The summed E-state index contributed by atoms with van der Waals surface area (Å²) in [5, 5.41) is 11.2. The van der Waals surface area contributed by atoms with E-state index in [0.29, 0.717) is 25.8 Å². The summed E-state index contributed by atoms with van der Waals surface area (Å²) in [7, 11) is 0. The van der Waals surface area contributed by atoms with Crippen molar-refractivity contribution in [1.29, 1.82) is 0 Å². The van der Waals surface area contributed by atoms with E-state index >= 15 is 0 Å². The molecule has 6 nitrogen and oxygen atoms in total. The number of nitrogens with two attached hydrogens (primary N) is 1. The second kappa shape index (κ2) is 8.97. The number of hydrogen-bond acceptors (Lipinski definition) is 4. The van der Waals surface area contributed by atoms with E-state index < -0.39 is 18.1 Å². The Bertz CT molecular complexity index is 476. The first-order valence-electron chi connectivity index (χ1n) is 6.93. The number of aliphatic carboxylic acids is 1. The zero-order chi connectivity index (χ0) is 15.7. The summed E-state index contributed by atoms with van der Waals surface area (Å²) in [5.41, 5.74) is 7.43. The summed E-state index contributed by atoms with van der Waals surface area (Å²) >= 11 is 0. The van der Waals surface area contributed by atoms with Crippen molar-refractivity contribution in [3.05, 3.63) is 35.4 Å². The molecule has 1 aromatic rings. The molecule has 0 fully saturated rings. The lowest BCUT2D eigenvalue weighted by molar-refractivity contribution is -0.138. The van der Waals surface area contributed by atoms with E-state index in [4.69, 9.17) is 15.6 Å². The Morgan fingerprint density at radius 2 is 2.14 bits per heavy atom. The van der Waals surface area contributed by atoms with Gasteiger partial charge in [-0.1, -0.05) is 29.8 Å². The van der Waals surface area contributed by atoms with E-state index in [-0.39, 0.29) is 6.61 Å². The Hall–Kier alpha value is -2.08. The van der Waals surface area contributed by atoms with Gasteiger partial charge >= 0.3 is 12.1 Å². The third-order valence-electron chi connectivity index (χ3n) is 2.98. The SMILES string of the molecule is Cc1cccc(COC(=O)NCCCC[C@H](N)C(=O)O)c1. The van der Waals surface area contributed by atoms with Crippen molar-refractivity contribution in [3.8, 4) is 0 Å². The van der Waals surface area contributed by atoms with Crippen molar-refractivity contribution in [2.24, 2.45) is 5.73 Å². The van der Waals surface area contributed by atoms with Crippen LogP contribution in [0, 0.1) is 6.92 Å². The fraction of sp³-hybridized carbons (Fsp3) is 0.467. The summed E-state index contributed by atoms with van der Waals surface area (Å²) < 4.78 is 5.08. The molecule has 1 atom stereocenters. The van der Waals surface area contributed by atoms with Crippen LogP contribution in [-0.2, 0) is 16.1 Å². The second-order valence-corrected chi connectivity index (χ2v) is 4.93. The number of alkyl carbamates (subject to hydrolysis) is 1. The molecule has 1 rings (SSSR count). The molecule has 0 spiro atoms. The Morgan fingerprint density at radius 1 is 1.38 bits per heavy atom. The van der Waals surface area contributed by atoms with Gasteiger partial charge in [-0.3, -0.25) is 4.79 Å². The average Bonchev–Trinajstić information content (AvgIpc) is 2.44. The Kier molecular flexibility index (Phi) is 7.25. The van der Waals surface area contributed by atoms with E-state index in [9.17, 15) is 9.59 Å². The molecule has 0 aliphatic rings. The van der Waals surface area contributed by atoms with Crippen molar-refractivity contribution in [3.63, 3.8) is 0 Å². The topological polar surface area (TPSA) is 102 Å². The first-order chi connectivity index (χ1) is 9.99. The highest BCUT2D eigenvalue weighted by Gasteiger charge is 2.10. The number of carbonyl (C=O) groups is 2. The zero-order valence-corrected chi connectivity index (χ0v) is 12.2. The van der Waals surface area contributed by atoms with Crippen LogP contribution >= 0.6 is 0 Å². The molecule has 0 unspecified atom stereocenters. The number of aryl methyl sites for hydroxylation is 1. The van der Waals surface area contributed by atoms with E-state index in [2.05, 4.69) is 5.32 Å². The van der Waals surface area contributed by atoms with Crippen molar-refractivity contribution >= 4 is 12.1 Å². The van der Waals surface area contributed by atoms with Gasteiger partial charge in [-0.05, 0) is 31.7 Å². The molecule has 1 amide bonds. The van der Waals surface area contributed by atoms with Crippen LogP contribution in [0.25, 0.3) is 0 Å². The van der Waals surface area contributed by atoms with Crippen molar-refractivity contribution in [2.75, 3.05) is 6.54 Å². The number of carboxylic acid groups (broad SMARTS) is 1. The van der Waals surface area contributed by atoms with Crippen LogP contribution in [-0.4, -0.2) is 29.8 Å². The van der Waals surface area contributed by atoms with Crippen LogP contribution in [0.2, 0.25) is 0 Å². The maximum absolute atomic E-state index is 11.5. The number of nitrogens with one attached hydrogen (secondary N) is 1. The maximum atomic E-state index is 11.5. The van der Waals surface area contributed by atoms with Gasteiger partial charge in [-0.15, -0.1) is 0 Å². The molecular formula is C15H22N2O4. The molecule has 0 aliphatic carbocycles. The maximum Gasteiger partial charge on any atom is 0.407 e. The summed E-state index contributed by atoms with van der Waals surface area (Å²) in [6.07, 6.45) is 1.24. The van der Waals surface area contributed by atoms with Crippen molar-refractivity contribution < 1.29 is 19.4 Å². The number of amides is 1. The molecule has 21 heavy (non-hydrogen) atoms. The van der Waals surface area contributed by atoms with Crippen molar-refractivity contribution in [1.82, 2.24) is 5.32 Å². The van der Waals surface area contributed by atoms with Gasteiger partial charge in [0.05, 0.1) is 0 Å². The monoisotopic (exact) mass is 294 g/mol. The summed E-state index contributed by atoms with van der Waals surface area (Å²) in [6.45, 7) is 2.65. The number of ether oxygens (including phenoxy) is 1. The highest BCUT2D eigenvalue weighted by atomic mass is 16.5. The van der Waals surface area contributed by atoms with Crippen LogP contribution in [0.3, 0.4) is 0 Å². The summed E-state index contributed by atoms with van der Waals surface area (Å²) in [4.78, 5) is 22.0. The number of carboxylic acids is 1. The molecule has 0 saturated heterocycles. The summed E-state index contributed by atoms with van der Waals surface area (Å²) in [5.74, 6) is -1.000. The van der Waals surface area contributed by atoms with Crippen molar-refractivity contribution in [2.45, 2.75) is 38.8 Å². The largest absolute Gasteiger partial charge is 0.480 e. The highest BCUT2D eigenvalue weighted by molar-refractivity contribution is 5.72. The van der Waals surface area contributed by atoms with E-state index in [0.717, 1.165) is 11.1 Å². The molecule has 0 radical (unpaired) electrons. The van der Waals surface area contributed by atoms with Gasteiger partial charge < -0.3 is 20.9 Å². The van der Waals surface area contributed by atoms with E-state index in [1.165, 1.54) is 0 Å². The van der Waals surface area contributed by atoms with Gasteiger partial charge in [-0.25, -0.2) is 4.79 Å². The predicted octanol–water partition coefficient (Wildman–Crippen LogP) is 1.80. The smallest absolute Gasteiger partial charge is 0.407 e. The fourth-order valence-electron chi connectivity index (χ4n) is 1.81. The molecule has 4 N–H and O–H groups in total. The minimum absolute atomic E-state index is 0.234. The number of hydrogen-bond donors (Lipinski definition) is 3. The van der Waals surface area contributed by atoms with Gasteiger partial charge in [0.25, 0.3) is 0 Å². The van der Waals surface area contributed by atoms with Gasteiger partial charge in [-0.2, -0.15) is 0 Å². The third-order valence-corrected chi connectivity index (χ3v) is 2.98. The Balaban J connectivity index is 2.10. The third kappa shape index (κ3) is 7.31. The second-order valence-electron chi connectivity index (χ2n) is 4.93. The average molecular weight is 294 g/mol. The molecule has 0 saturated carbocycles. The minimum Gasteiger partial charge on any atom is -0.480 e. The number of benzene rings is 1. The molecule has 0 aliphatic heterocycles. The van der Waals surface area contributed by atoms with Crippen LogP contribution in [0.1, 0.15) is 30.4 Å². The first-order valence-corrected chi connectivity index (χ1v) is 6.93. The van der Waals surface area contributed by atoms with Gasteiger partial charge in [0, 0.05) is 6.54 Å². The van der Waals surface area contributed by atoms with E-state index in [1.54, 1.807) is 0 Å². The molecule has 0 bridgehead atoms. The molecule has 0 aromatic heterocycles. The van der Waals surface area contributed by atoms with Crippen LogP contribution < -0.4 is 11.1 Å². The van der Waals surface area contributed by atoms with Gasteiger partial charge in [0.2, 0.25) is 0 Å². The molecule has 1 aromatic carbocycles. The number of unbranched alkanes of at least 4 members (excludes halogenated alkanes) is 1. The molecule has 116 valence electrons. The standard InChI is InChI=1S/C15H22N2O4/c1-11-5-4-6-12(9-11)10-21-15(20)17-8-3-2-7-13(16)14(18)19/h4-6,9,13H,2-3,7-8,10,16H2,1H3,(H,17,20)(H,18,19)/t13-/m0/s1. The molecule has 0 heterocycles. The van der Waals surface area contributed by atoms with Gasteiger partial charge in [0.15, 0.2) is 0 Å². The number of rotatable bonds is 8.